The molecule has 1 aliphatic rings. The molecular formula is C21H24BrN3O2. The van der Waals surface area contributed by atoms with E-state index < -0.39 is 12.1 Å². The highest BCUT2D eigenvalue weighted by molar-refractivity contribution is 9.10. The van der Waals surface area contributed by atoms with Gasteiger partial charge >= 0.3 is 6.03 Å². The van der Waals surface area contributed by atoms with Crippen LogP contribution in [0.2, 0.25) is 0 Å². The van der Waals surface area contributed by atoms with Crippen LogP contribution in [0.25, 0.3) is 0 Å². The SMILES string of the molecule is CC1CCN(C(=O)[C@H](NC(=O)Nc2ccccc2Br)c2ccccc2)CC1. The van der Waals surface area contributed by atoms with E-state index in [2.05, 4.69) is 33.5 Å². The van der Waals surface area contributed by atoms with Crippen LogP contribution in [0.5, 0.6) is 0 Å². The van der Waals surface area contributed by atoms with Crippen molar-refractivity contribution in [1.29, 1.82) is 0 Å². The molecule has 0 saturated carbocycles. The molecule has 0 unspecified atom stereocenters. The summed E-state index contributed by atoms with van der Waals surface area (Å²) in [6.45, 7) is 3.67. The van der Waals surface area contributed by atoms with Crippen molar-refractivity contribution < 1.29 is 9.59 Å². The van der Waals surface area contributed by atoms with Crippen molar-refractivity contribution in [3.63, 3.8) is 0 Å². The zero-order chi connectivity index (χ0) is 19.2. The summed E-state index contributed by atoms with van der Waals surface area (Å²) in [7, 11) is 0. The van der Waals surface area contributed by atoms with Gasteiger partial charge in [-0.3, -0.25) is 4.79 Å². The summed E-state index contributed by atoms with van der Waals surface area (Å²) >= 11 is 3.42. The molecule has 0 spiro atoms. The first-order chi connectivity index (χ1) is 13.0. The van der Waals surface area contributed by atoms with Gasteiger partial charge in [-0.2, -0.15) is 0 Å². The van der Waals surface area contributed by atoms with Gasteiger partial charge in [-0.15, -0.1) is 0 Å². The lowest BCUT2D eigenvalue weighted by molar-refractivity contribution is -0.134. The zero-order valence-electron chi connectivity index (χ0n) is 15.3. The van der Waals surface area contributed by atoms with Crippen molar-refractivity contribution in [2.75, 3.05) is 18.4 Å². The largest absolute Gasteiger partial charge is 0.341 e. The second-order valence-electron chi connectivity index (χ2n) is 6.93. The fraction of sp³-hybridized carbons (Fsp3) is 0.333. The number of urea groups is 1. The molecule has 1 aliphatic heterocycles. The number of hydrogen-bond donors (Lipinski definition) is 2. The van der Waals surface area contributed by atoms with Crippen LogP contribution in [0.15, 0.2) is 59.1 Å². The number of nitrogens with one attached hydrogen (secondary N) is 2. The minimum absolute atomic E-state index is 0.0598. The van der Waals surface area contributed by atoms with Gasteiger partial charge < -0.3 is 15.5 Å². The van der Waals surface area contributed by atoms with Crippen LogP contribution < -0.4 is 10.6 Å². The number of nitrogens with zero attached hydrogens (tertiary/aromatic N) is 1. The zero-order valence-corrected chi connectivity index (χ0v) is 16.9. The Morgan fingerprint density at radius 2 is 1.67 bits per heavy atom. The second-order valence-corrected chi connectivity index (χ2v) is 7.78. The molecule has 142 valence electrons. The van der Waals surface area contributed by atoms with Gasteiger partial charge in [0.1, 0.15) is 6.04 Å². The van der Waals surface area contributed by atoms with Crippen LogP contribution in [0.3, 0.4) is 0 Å². The first-order valence-corrected chi connectivity index (χ1v) is 9.99. The number of para-hydroxylation sites is 1. The molecule has 6 heteroatoms. The van der Waals surface area contributed by atoms with Crippen molar-refractivity contribution in [3.05, 3.63) is 64.6 Å². The Kier molecular flexibility index (Phi) is 6.50. The molecule has 2 N–H and O–H groups in total. The van der Waals surface area contributed by atoms with Gasteiger partial charge in [0.25, 0.3) is 0 Å². The third-order valence-electron chi connectivity index (χ3n) is 4.87. The normalized spacial score (nSPS) is 15.9. The number of halogens is 1. The Hall–Kier alpha value is -2.34. The van der Waals surface area contributed by atoms with Gasteiger partial charge in [-0.05, 0) is 52.4 Å². The van der Waals surface area contributed by atoms with E-state index >= 15 is 0 Å². The van der Waals surface area contributed by atoms with Crippen LogP contribution in [0.1, 0.15) is 31.4 Å². The van der Waals surface area contributed by atoms with E-state index in [1.807, 2.05) is 53.4 Å². The van der Waals surface area contributed by atoms with Crippen molar-refractivity contribution in [1.82, 2.24) is 10.2 Å². The van der Waals surface area contributed by atoms with Crippen LogP contribution in [0, 0.1) is 5.92 Å². The average Bonchev–Trinajstić information content (AvgIpc) is 2.69. The van der Waals surface area contributed by atoms with E-state index in [0.717, 1.165) is 36.0 Å². The van der Waals surface area contributed by atoms with E-state index in [4.69, 9.17) is 0 Å². The molecule has 1 atom stereocenters. The number of hydrogen-bond acceptors (Lipinski definition) is 2. The number of carbonyl (C=O) groups excluding carboxylic acids is 2. The van der Waals surface area contributed by atoms with Crippen LogP contribution in [0.4, 0.5) is 10.5 Å². The molecule has 0 aliphatic carbocycles. The maximum absolute atomic E-state index is 13.1. The number of benzene rings is 2. The highest BCUT2D eigenvalue weighted by atomic mass is 79.9. The van der Waals surface area contributed by atoms with Crippen molar-refractivity contribution >= 4 is 33.6 Å². The summed E-state index contributed by atoms with van der Waals surface area (Å²) < 4.78 is 0.785. The standard InChI is InChI=1S/C21H24BrN3O2/c1-15-11-13-25(14-12-15)20(26)19(16-7-3-2-4-8-16)24-21(27)23-18-10-6-5-9-17(18)22/h2-10,15,19H,11-14H2,1H3,(H2,23,24,27)/t19-/m1/s1. The Labute approximate surface area is 168 Å². The lowest BCUT2D eigenvalue weighted by Crippen LogP contribution is -2.46. The first kappa shape index (κ1) is 19.4. The summed E-state index contributed by atoms with van der Waals surface area (Å²) in [5, 5.41) is 5.66. The van der Waals surface area contributed by atoms with Gasteiger partial charge in [0.2, 0.25) is 5.91 Å². The quantitative estimate of drug-likeness (QED) is 0.747. The highest BCUT2D eigenvalue weighted by Gasteiger charge is 2.29. The Morgan fingerprint density at radius 3 is 2.33 bits per heavy atom. The van der Waals surface area contributed by atoms with Crippen LogP contribution in [-0.2, 0) is 4.79 Å². The maximum atomic E-state index is 13.1. The maximum Gasteiger partial charge on any atom is 0.320 e. The van der Waals surface area contributed by atoms with Gasteiger partial charge in [0, 0.05) is 17.6 Å². The number of piperidine rings is 1. The van der Waals surface area contributed by atoms with Gasteiger partial charge in [0.15, 0.2) is 0 Å². The second kappa shape index (κ2) is 9.04. The Morgan fingerprint density at radius 1 is 1.04 bits per heavy atom. The summed E-state index contributed by atoms with van der Waals surface area (Å²) in [6, 6.07) is 15.6. The molecule has 0 aromatic heterocycles. The fourth-order valence-electron chi connectivity index (χ4n) is 3.20. The van der Waals surface area contributed by atoms with Gasteiger partial charge in [0.05, 0.1) is 5.69 Å². The molecule has 27 heavy (non-hydrogen) atoms. The van der Waals surface area contributed by atoms with Crippen molar-refractivity contribution in [3.8, 4) is 0 Å². The third kappa shape index (κ3) is 5.10. The number of carbonyl (C=O) groups is 2. The lowest BCUT2D eigenvalue weighted by atomic mass is 9.97. The molecule has 1 saturated heterocycles. The fourth-order valence-corrected chi connectivity index (χ4v) is 3.58. The molecule has 0 radical (unpaired) electrons. The van der Waals surface area contributed by atoms with E-state index in [-0.39, 0.29) is 5.91 Å². The monoisotopic (exact) mass is 429 g/mol. The Bertz CT molecular complexity index is 789. The summed E-state index contributed by atoms with van der Waals surface area (Å²) in [5.41, 5.74) is 1.43. The molecule has 2 aromatic carbocycles. The number of rotatable bonds is 4. The topological polar surface area (TPSA) is 61.4 Å². The first-order valence-electron chi connectivity index (χ1n) is 9.20. The van der Waals surface area contributed by atoms with E-state index in [1.54, 1.807) is 6.07 Å². The molecule has 5 nitrogen and oxygen atoms in total. The van der Waals surface area contributed by atoms with Gasteiger partial charge in [-0.1, -0.05) is 49.4 Å². The smallest absolute Gasteiger partial charge is 0.320 e. The molecule has 1 heterocycles. The van der Waals surface area contributed by atoms with Crippen molar-refractivity contribution in [2.24, 2.45) is 5.92 Å². The Balaban J connectivity index is 1.75. The van der Waals surface area contributed by atoms with Crippen LogP contribution in [-0.4, -0.2) is 29.9 Å². The molecule has 2 aromatic rings. The van der Waals surface area contributed by atoms with Crippen molar-refractivity contribution in [2.45, 2.75) is 25.8 Å². The third-order valence-corrected chi connectivity index (χ3v) is 5.56. The minimum Gasteiger partial charge on any atom is -0.341 e. The molecule has 3 rings (SSSR count). The van der Waals surface area contributed by atoms with Gasteiger partial charge in [-0.25, -0.2) is 4.79 Å². The average molecular weight is 430 g/mol. The number of likely N-dealkylation sites (tertiary alicyclic amines) is 1. The predicted octanol–water partition coefficient (Wildman–Crippen LogP) is 4.57. The minimum atomic E-state index is -0.706. The van der Waals surface area contributed by atoms with E-state index in [9.17, 15) is 9.59 Å². The molecule has 1 fully saturated rings. The summed E-state index contributed by atoms with van der Waals surface area (Å²) in [5.74, 6) is 0.575. The predicted molar refractivity (Wildman–Crippen MR) is 110 cm³/mol. The van der Waals surface area contributed by atoms with E-state index in [0.29, 0.717) is 11.6 Å². The summed E-state index contributed by atoms with van der Waals surface area (Å²) in [6.07, 6.45) is 1.99. The molecular weight excluding hydrogens is 406 g/mol. The highest BCUT2D eigenvalue weighted by Crippen LogP contribution is 2.23. The lowest BCUT2D eigenvalue weighted by Gasteiger charge is -2.33. The van der Waals surface area contributed by atoms with E-state index in [1.165, 1.54) is 0 Å². The summed E-state index contributed by atoms with van der Waals surface area (Å²) in [4.78, 5) is 27.6. The van der Waals surface area contributed by atoms with Crippen LogP contribution >= 0.6 is 15.9 Å². The number of amides is 3. The molecule has 0 bridgehead atoms. The molecule has 3 amide bonds. The number of anilines is 1.